The second-order valence-electron chi connectivity index (χ2n) is 5.98. The van der Waals surface area contributed by atoms with Gasteiger partial charge >= 0.3 is 0 Å². The number of hydrogen-bond donors (Lipinski definition) is 0. The van der Waals surface area contributed by atoms with E-state index in [-0.39, 0.29) is 0 Å². The Labute approximate surface area is 122 Å². The van der Waals surface area contributed by atoms with E-state index in [9.17, 15) is 0 Å². The Morgan fingerprint density at radius 3 is 2.40 bits per heavy atom. The van der Waals surface area contributed by atoms with Gasteiger partial charge in [-0.1, -0.05) is 74.9 Å². The molecule has 2 aromatic rings. The van der Waals surface area contributed by atoms with Crippen LogP contribution in [0.2, 0.25) is 0 Å². The highest BCUT2D eigenvalue weighted by Gasteiger charge is 2.18. The van der Waals surface area contributed by atoms with Crippen LogP contribution in [0.25, 0.3) is 17.2 Å². The van der Waals surface area contributed by atoms with E-state index in [4.69, 9.17) is 0 Å². The van der Waals surface area contributed by atoms with E-state index in [1.807, 2.05) is 0 Å². The Morgan fingerprint density at radius 2 is 1.75 bits per heavy atom. The molecule has 20 heavy (non-hydrogen) atoms. The van der Waals surface area contributed by atoms with Gasteiger partial charge < -0.3 is 0 Å². The van der Waals surface area contributed by atoms with Crippen molar-refractivity contribution in [3.63, 3.8) is 0 Å². The Hall–Kier alpha value is -1.82. The minimum Gasteiger partial charge on any atom is -0.0626 e. The molecule has 0 atom stereocenters. The minimum atomic E-state index is 0.637. The van der Waals surface area contributed by atoms with E-state index in [1.54, 1.807) is 5.57 Å². The van der Waals surface area contributed by atoms with Gasteiger partial charge in [0.15, 0.2) is 0 Å². The SMILES string of the molecule is CCc1ccc(-c2cccc3c2C=C(C(C)C)C3)cc1. The van der Waals surface area contributed by atoms with E-state index in [1.165, 1.54) is 27.8 Å². The molecule has 1 aliphatic rings. The van der Waals surface area contributed by atoms with Crippen molar-refractivity contribution in [3.05, 3.63) is 64.7 Å². The summed E-state index contributed by atoms with van der Waals surface area (Å²) in [6, 6.07) is 15.7. The highest BCUT2D eigenvalue weighted by molar-refractivity contribution is 5.80. The van der Waals surface area contributed by atoms with Crippen LogP contribution in [0.1, 0.15) is 37.5 Å². The second kappa shape index (κ2) is 5.28. The van der Waals surface area contributed by atoms with Gasteiger partial charge in [0.05, 0.1) is 0 Å². The third kappa shape index (κ3) is 2.31. The number of allylic oxidation sites excluding steroid dienone is 1. The Balaban J connectivity index is 2.05. The number of benzene rings is 2. The highest BCUT2D eigenvalue weighted by atomic mass is 14.2. The topological polar surface area (TPSA) is 0 Å². The molecule has 1 aliphatic carbocycles. The van der Waals surface area contributed by atoms with E-state index in [2.05, 4.69) is 69.3 Å². The zero-order chi connectivity index (χ0) is 14.1. The average molecular weight is 262 g/mol. The summed E-state index contributed by atoms with van der Waals surface area (Å²) in [4.78, 5) is 0. The average Bonchev–Trinajstić information content (AvgIpc) is 2.91. The van der Waals surface area contributed by atoms with Crippen LogP contribution in [0.4, 0.5) is 0 Å². The van der Waals surface area contributed by atoms with Gasteiger partial charge in [0.2, 0.25) is 0 Å². The molecule has 0 fully saturated rings. The predicted molar refractivity (Wildman–Crippen MR) is 87.8 cm³/mol. The van der Waals surface area contributed by atoms with Crippen LogP contribution in [0.15, 0.2) is 48.0 Å². The maximum absolute atomic E-state index is 2.41. The van der Waals surface area contributed by atoms with E-state index in [0.717, 1.165) is 12.8 Å². The van der Waals surface area contributed by atoms with E-state index in [0.29, 0.717) is 5.92 Å². The van der Waals surface area contributed by atoms with Gasteiger partial charge in [0.1, 0.15) is 0 Å². The molecular formula is C20H22. The lowest BCUT2D eigenvalue weighted by molar-refractivity contribution is 0.754. The normalized spacial score (nSPS) is 13.5. The lowest BCUT2D eigenvalue weighted by Gasteiger charge is -2.08. The van der Waals surface area contributed by atoms with Gasteiger partial charge in [0.25, 0.3) is 0 Å². The molecule has 0 N–H and O–H groups in total. The molecule has 0 heterocycles. The lowest BCUT2D eigenvalue weighted by Crippen LogP contribution is -1.93. The molecule has 102 valence electrons. The fourth-order valence-corrected chi connectivity index (χ4v) is 2.94. The number of fused-ring (bicyclic) bond motifs is 1. The van der Waals surface area contributed by atoms with Crippen LogP contribution < -0.4 is 0 Å². The first-order valence-electron chi connectivity index (χ1n) is 7.60. The van der Waals surface area contributed by atoms with Crippen LogP contribution in [0, 0.1) is 5.92 Å². The summed E-state index contributed by atoms with van der Waals surface area (Å²) in [6.07, 6.45) is 4.63. The summed E-state index contributed by atoms with van der Waals surface area (Å²) in [5.41, 5.74) is 8.57. The molecule has 0 aliphatic heterocycles. The first kappa shape index (κ1) is 13.2. The van der Waals surface area contributed by atoms with Crippen LogP contribution >= 0.6 is 0 Å². The molecule has 0 bridgehead atoms. The largest absolute Gasteiger partial charge is 0.0626 e. The van der Waals surface area contributed by atoms with Gasteiger partial charge in [0, 0.05) is 0 Å². The van der Waals surface area contributed by atoms with Crippen molar-refractivity contribution in [3.8, 4) is 11.1 Å². The monoisotopic (exact) mass is 262 g/mol. The van der Waals surface area contributed by atoms with Crippen LogP contribution in [0.3, 0.4) is 0 Å². The van der Waals surface area contributed by atoms with Gasteiger partial charge in [-0.3, -0.25) is 0 Å². The van der Waals surface area contributed by atoms with Crippen molar-refractivity contribution < 1.29 is 0 Å². The molecule has 0 amide bonds. The second-order valence-corrected chi connectivity index (χ2v) is 5.98. The molecule has 0 saturated carbocycles. The van der Waals surface area contributed by atoms with Crippen molar-refractivity contribution in [2.24, 2.45) is 5.92 Å². The Kier molecular flexibility index (Phi) is 3.48. The molecule has 0 saturated heterocycles. The maximum atomic E-state index is 2.41. The minimum absolute atomic E-state index is 0.637. The van der Waals surface area contributed by atoms with Gasteiger partial charge in [-0.15, -0.1) is 0 Å². The number of rotatable bonds is 3. The molecule has 2 aromatic carbocycles. The maximum Gasteiger partial charge on any atom is -0.00550 e. The summed E-state index contributed by atoms with van der Waals surface area (Å²) >= 11 is 0. The van der Waals surface area contributed by atoms with Crippen LogP contribution in [-0.4, -0.2) is 0 Å². The summed E-state index contributed by atoms with van der Waals surface area (Å²) in [5, 5.41) is 0. The molecule has 3 rings (SSSR count). The van der Waals surface area contributed by atoms with E-state index >= 15 is 0 Å². The van der Waals surface area contributed by atoms with Crippen molar-refractivity contribution in [1.82, 2.24) is 0 Å². The summed E-state index contributed by atoms with van der Waals surface area (Å²) in [6.45, 7) is 6.77. The van der Waals surface area contributed by atoms with Crippen molar-refractivity contribution >= 4 is 6.08 Å². The summed E-state index contributed by atoms with van der Waals surface area (Å²) in [7, 11) is 0. The fraction of sp³-hybridized carbons (Fsp3) is 0.300. The highest BCUT2D eigenvalue weighted by Crippen LogP contribution is 2.36. The van der Waals surface area contributed by atoms with Crippen LogP contribution in [-0.2, 0) is 12.8 Å². The first-order valence-corrected chi connectivity index (χ1v) is 7.60. The summed E-state index contributed by atoms with van der Waals surface area (Å²) < 4.78 is 0. The van der Waals surface area contributed by atoms with Crippen molar-refractivity contribution in [2.45, 2.75) is 33.6 Å². The van der Waals surface area contributed by atoms with Crippen LogP contribution in [0.5, 0.6) is 0 Å². The molecule has 0 aromatic heterocycles. The molecular weight excluding hydrogens is 240 g/mol. The third-order valence-electron chi connectivity index (χ3n) is 4.34. The zero-order valence-corrected chi connectivity index (χ0v) is 12.6. The van der Waals surface area contributed by atoms with Gasteiger partial charge in [-0.25, -0.2) is 0 Å². The third-order valence-corrected chi connectivity index (χ3v) is 4.34. The Bertz CT molecular complexity index is 642. The molecule has 0 radical (unpaired) electrons. The standard InChI is InChI=1S/C20H22/c1-4-15-8-10-16(11-9-15)19-7-5-6-17-12-18(14(2)3)13-20(17)19/h5-11,13-14H,4,12H2,1-3H3. The predicted octanol–water partition coefficient (Wildman–Crippen LogP) is 5.51. The van der Waals surface area contributed by atoms with Crippen molar-refractivity contribution in [2.75, 3.05) is 0 Å². The van der Waals surface area contributed by atoms with Crippen molar-refractivity contribution in [1.29, 1.82) is 0 Å². The molecule has 0 nitrogen and oxygen atoms in total. The molecule has 0 unspecified atom stereocenters. The molecule has 0 spiro atoms. The molecule has 0 heteroatoms. The van der Waals surface area contributed by atoms with E-state index < -0.39 is 0 Å². The zero-order valence-electron chi connectivity index (χ0n) is 12.6. The smallest absolute Gasteiger partial charge is 0.00550 e. The number of hydrogen-bond acceptors (Lipinski definition) is 0. The quantitative estimate of drug-likeness (QED) is 0.684. The fourth-order valence-electron chi connectivity index (χ4n) is 2.94. The first-order chi connectivity index (χ1) is 9.69. The Morgan fingerprint density at radius 1 is 1.00 bits per heavy atom. The van der Waals surface area contributed by atoms with Gasteiger partial charge in [-0.2, -0.15) is 0 Å². The number of aryl methyl sites for hydroxylation is 1. The lowest BCUT2D eigenvalue weighted by atomic mass is 9.96. The van der Waals surface area contributed by atoms with Gasteiger partial charge in [-0.05, 0) is 46.6 Å². The summed E-state index contributed by atoms with van der Waals surface area (Å²) in [5.74, 6) is 0.637.